The fourth-order valence-corrected chi connectivity index (χ4v) is 6.60. The van der Waals surface area contributed by atoms with Gasteiger partial charge in [0.2, 0.25) is 0 Å². The first-order valence-electron chi connectivity index (χ1n) is 7.69. The minimum atomic E-state index is -0.332. The highest BCUT2D eigenvalue weighted by Crippen LogP contribution is 2.54. The van der Waals surface area contributed by atoms with Gasteiger partial charge in [0.15, 0.2) is 0 Å². The normalized spacial score (nSPS) is 24.7. The van der Waals surface area contributed by atoms with E-state index in [0.29, 0.717) is 0 Å². The molecule has 0 N–H and O–H groups in total. The minimum Gasteiger partial charge on any atom is -0.500 e. The smallest absolute Gasteiger partial charge is 0.107 e. The molecule has 0 fully saturated rings. The van der Waals surface area contributed by atoms with Crippen LogP contribution in [0.25, 0.3) is 0 Å². The SMILES string of the molecule is COC1=CCC=CC12C[P@@](c1ccccc1)c1ccccc12.[B]. The predicted octanol–water partition coefficient (Wildman–Crippen LogP) is 3.48. The van der Waals surface area contributed by atoms with E-state index >= 15 is 0 Å². The summed E-state index contributed by atoms with van der Waals surface area (Å²) in [5.41, 5.74) is 1.36. The Kier molecular flexibility index (Phi) is 4.46. The van der Waals surface area contributed by atoms with Gasteiger partial charge in [-0.05, 0) is 42.8 Å². The Morgan fingerprint density at radius 3 is 2.52 bits per heavy atom. The van der Waals surface area contributed by atoms with Gasteiger partial charge in [0.1, 0.15) is 5.76 Å². The van der Waals surface area contributed by atoms with E-state index < -0.39 is 0 Å². The molecule has 1 aliphatic heterocycles. The molecule has 0 bridgehead atoms. The van der Waals surface area contributed by atoms with Crippen LogP contribution in [0.2, 0.25) is 0 Å². The van der Waals surface area contributed by atoms with Crippen LogP contribution in [0.4, 0.5) is 0 Å². The first-order valence-corrected chi connectivity index (χ1v) is 9.22. The quantitative estimate of drug-likeness (QED) is 0.468. The van der Waals surface area contributed by atoms with Crippen molar-refractivity contribution in [1.29, 1.82) is 0 Å². The van der Waals surface area contributed by atoms with Crippen molar-refractivity contribution in [3.05, 3.63) is 84.1 Å². The highest BCUT2D eigenvalue weighted by Gasteiger charge is 2.46. The van der Waals surface area contributed by atoms with Crippen LogP contribution in [-0.4, -0.2) is 21.7 Å². The van der Waals surface area contributed by atoms with Crippen molar-refractivity contribution in [2.24, 2.45) is 0 Å². The summed E-state index contributed by atoms with van der Waals surface area (Å²) in [4.78, 5) is 0. The van der Waals surface area contributed by atoms with Gasteiger partial charge in [0.05, 0.1) is 12.5 Å². The molecule has 113 valence electrons. The third-order valence-electron chi connectivity index (χ3n) is 4.65. The molecule has 23 heavy (non-hydrogen) atoms. The zero-order valence-corrected chi connectivity index (χ0v) is 14.2. The molecule has 2 aromatic rings. The zero-order chi connectivity index (χ0) is 15.0. The molecule has 4 rings (SSSR count). The van der Waals surface area contributed by atoms with Crippen LogP contribution >= 0.6 is 7.92 Å². The lowest BCUT2D eigenvalue weighted by atomic mass is 9.78. The number of methoxy groups -OCH3 is 1. The first-order chi connectivity index (χ1) is 10.8. The summed E-state index contributed by atoms with van der Waals surface area (Å²) in [6.45, 7) is 0. The monoisotopic (exact) mass is 317 g/mol. The first kappa shape index (κ1) is 16.1. The van der Waals surface area contributed by atoms with E-state index in [0.717, 1.165) is 18.3 Å². The standard InChI is InChI=1S/C20H19OP.B/c1-21-19-13-7-8-14-20(19)15-22(16-9-3-2-4-10-16)18-12-6-5-11-17(18)20;/h2-6,8-14H,7,15H2,1H3;/t20?,22-;/m0./s1. The van der Waals surface area contributed by atoms with Crippen LogP contribution in [0.5, 0.6) is 0 Å². The fourth-order valence-electron chi connectivity index (χ4n) is 3.67. The molecule has 1 spiro atoms. The molecule has 0 saturated carbocycles. The lowest BCUT2D eigenvalue weighted by Crippen LogP contribution is -2.30. The van der Waals surface area contributed by atoms with Gasteiger partial charge >= 0.3 is 0 Å². The Morgan fingerprint density at radius 2 is 1.74 bits per heavy atom. The average Bonchev–Trinajstić information content (AvgIpc) is 2.92. The second-order valence-corrected chi connectivity index (χ2v) is 7.99. The Labute approximate surface area is 141 Å². The molecule has 1 heterocycles. The van der Waals surface area contributed by atoms with Gasteiger partial charge in [-0.2, -0.15) is 0 Å². The molecule has 1 aliphatic carbocycles. The van der Waals surface area contributed by atoms with Crippen molar-refractivity contribution in [1.82, 2.24) is 0 Å². The van der Waals surface area contributed by atoms with E-state index in [9.17, 15) is 0 Å². The number of rotatable bonds is 2. The minimum absolute atomic E-state index is 0. The van der Waals surface area contributed by atoms with E-state index in [1.54, 1.807) is 7.11 Å². The van der Waals surface area contributed by atoms with Crippen molar-refractivity contribution in [3.63, 3.8) is 0 Å². The largest absolute Gasteiger partial charge is 0.500 e. The Hall–Kier alpha value is -1.79. The predicted molar refractivity (Wildman–Crippen MR) is 100 cm³/mol. The zero-order valence-electron chi connectivity index (χ0n) is 13.3. The van der Waals surface area contributed by atoms with Crippen molar-refractivity contribution < 1.29 is 4.74 Å². The van der Waals surface area contributed by atoms with Gasteiger partial charge in [-0.15, -0.1) is 0 Å². The number of hydrogen-bond acceptors (Lipinski definition) is 1. The van der Waals surface area contributed by atoms with Crippen molar-refractivity contribution in [3.8, 4) is 0 Å². The molecule has 0 saturated heterocycles. The summed E-state index contributed by atoms with van der Waals surface area (Å²) < 4.78 is 5.79. The van der Waals surface area contributed by atoms with Crippen LogP contribution < -0.4 is 10.6 Å². The summed E-state index contributed by atoms with van der Waals surface area (Å²) in [6.07, 6.45) is 8.97. The maximum absolute atomic E-state index is 5.79. The van der Waals surface area contributed by atoms with Gasteiger partial charge in [-0.25, -0.2) is 0 Å². The Morgan fingerprint density at radius 1 is 1.00 bits per heavy atom. The Bertz CT molecular complexity index is 753. The van der Waals surface area contributed by atoms with Crippen LogP contribution in [0.3, 0.4) is 0 Å². The summed E-state index contributed by atoms with van der Waals surface area (Å²) >= 11 is 0. The van der Waals surface area contributed by atoms with E-state index in [1.165, 1.54) is 16.2 Å². The topological polar surface area (TPSA) is 9.23 Å². The van der Waals surface area contributed by atoms with E-state index in [1.807, 2.05) is 0 Å². The molecule has 0 aromatic heterocycles. The average molecular weight is 317 g/mol. The third-order valence-corrected chi connectivity index (χ3v) is 7.36. The Balaban J connectivity index is 0.00000156. The van der Waals surface area contributed by atoms with Crippen molar-refractivity contribution >= 4 is 26.9 Å². The van der Waals surface area contributed by atoms with Crippen molar-refractivity contribution in [2.75, 3.05) is 13.3 Å². The lowest BCUT2D eigenvalue weighted by Gasteiger charge is -2.31. The number of fused-ring (bicyclic) bond motifs is 2. The highest BCUT2D eigenvalue weighted by molar-refractivity contribution is 7.73. The molecular formula is C20H19BOP. The van der Waals surface area contributed by atoms with Crippen LogP contribution in [0.1, 0.15) is 12.0 Å². The fraction of sp³-hybridized carbons (Fsp3) is 0.200. The summed E-state index contributed by atoms with van der Waals surface area (Å²) in [5, 5.41) is 2.95. The maximum Gasteiger partial charge on any atom is 0.107 e. The number of benzene rings is 2. The molecule has 0 amide bonds. The lowest BCUT2D eigenvalue weighted by molar-refractivity contribution is 0.245. The summed E-state index contributed by atoms with van der Waals surface area (Å²) in [5.74, 6) is 1.11. The number of hydrogen-bond donors (Lipinski definition) is 0. The number of allylic oxidation sites excluding steroid dienone is 3. The van der Waals surface area contributed by atoms with Gasteiger partial charge in [0.25, 0.3) is 0 Å². The van der Waals surface area contributed by atoms with Crippen LogP contribution in [0.15, 0.2) is 78.6 Å². The summed E-state index contributed by atoms with van der Waals surface area (Å²) in [6, 6.07) is 19.8. The van der Waals surface area contributed by atoms with E-state index in [-0.39, 0.29) is 21.7 Å². The molecule has 2 atom stereocenters. The van der Waals surface area contributed by atoms with Crippen LogP contribution in [-0.2, 0) is 10.2 Å². The third kappa shape index (κ3) is 2.46. The highest BCUT2D eigenvalue weighted by atomic mass is 31.1. The molecule has 3 radical (unpaired) electrons. The molecule has 3 heteroatoms. The van der Waals surface area contributed by atoms with E-state index in [2.05, 4.69) is 72.8 Å². The van der Waals surface area contributed by atoms with Gasteiger partial charge in [-0.3, -0.25) is 0 Å². The molecule has 1 unspecified atom stereocenters. The second-order valence-electron chi connectivity index (χ2n) is 5.82. The molecular weight excluding hydrogens is 298 g/mol. The second kappa shape index (κ2) is 6.38. The maximum atomic E-state index is 5.79. The molecule has 2 aromatic carbocycles. The van der Waals surface area contributed by atoms with Gasteiger partial charge in [0, 0.05) is 8.41 Å². The van der Waals surface area contributed by atoms with Crippen LogP contribution in [0, 0.1) is 0 Å². The number of ether oxygens (including phenoxy) is 1. The molecule has 2 aliphatic rings. The van der Waals surface area contributed by atoms with E-state index in [4.69, 9.17) is 4.74 Å². The van der Waals surface area contributed by atoms with Crippen molar-refractivity contribution in [2.45, 2.75) is 11.8 Å². The molecule has 1 nitrogen and oxygen atoms in total. The summed E-state index contributed by atoms with van der Waals surface area (Å²) in [7, 11) is 1.47. The van der Waals surface area contributed by atoms with Gasteiger partial charge < -0.3 is 4.74 Å². The van der Waals surface area contributed by atoms with Gasteiger partial charge in [-0.1, -0.05) is 66.7 Å².